The Morgan fingerprint density at radius 1 is 0.974 bits per heavy atom. The maximum Gasteiger partial charge on any atom is 0.188 e. The summed E-state index contributed by atoms with van der Waals surface area (Å²) in [4.78, 5) is 19.2. The number of likely N-dealkylation sites (tertiary alicyclic amines) is 1. The molecule has 0 unspecified atom stereocenters. The Morgan fingerprint density at radius 3 is 2.58 bits per heavy atom. The zero-order valence-corrected chi connectivity index (χ0v) is 21.7. The molecule has 2 aliphatic rings. The van der Waals surface area contributed by atoms with Crippen LogP contribution in [0.4, 0.5) is 5.82 Å². The molecule has 0 N–H and O–H groups in total. The number of anilines is 1. The quantitative estimate of drug-likeness (QED) is 0.327. The Bertz CT molecular complexity index is 1350. The summed E-state index contributed by atoms with van der Waals surface area (Å²) in [6.07, 6.45) is 7.41. The van der Waals surface area contributed by atoms with E-state index in [2.05, 4.69) is 49.8 Å². The highest BCUT2D eigenvalue weighted by atomic mass is 16.7. The minimum atomic E-state index is 0.153. The number of benzene rings is 1. The molecule has 2 fully saturated rings. The summed E-state index contributed by atoms with van der Waals surface area (Å²) in [5, 5.41) is 5.83. The molecule has 10 nitrogen and oxygen atoms in total. The number of nitrogens with zero attached hydrogens (tertiary/aromatic N) is 7. The fourth-order valence-corrected chi connectivity index (χ4v) is 5.23. The van der Waals surface area contributed by atoms with Gasteiger partial charge >= 0.3 is 0 Å². The summed E-state index contributed by atoms with van der Waals surface area (Å²) in [6, 6.07) is 12.9. The summed E-state index contributed by atoms with van der Waals surface area (Å²) in [6.45, 7) is 6.10. The van der Waals surface area contributed by atoms with Crippen molar-refractivity contribution in [3.8, 4) is 17.1 Å². The molecule has 0 spiro atoms. The topological polar surface area (TPSA) is 90.7 Å². The van der Waals surface area contributed by atoms with E-state index in [1.165, 1.54) is 5.56 Å². The van der Waals surface area contributed by atoms with Crippen LogP contribution in [0.15, 0.2) is 55.0 Å². The van der Waals surface area contributed by atoms with Gasteiger partial charge in [0.25, 0.3) is 0 Å². The van der Waals surface area contributed by atoms with Gasteiger partial charge in [0.05, 0.1) is 37.0 Å². The van der Waals surface area contributed by atoms with E-state index in [-0.39, 0.29) is 12.8 Å². The third-order valence-corrected chi connectivity index (χ3v) is 7.21. The number of aromatic nitrogens is 5. The maximum atomic E-state index is 5.62. The first kappa shape index (κ1) is 24.7. The zero-order chi connectivity index (χ0) is 25.7. The maximum absolute atomic E-state index is 5.62. The molecule has 10 heteroatoms. The standard InChI is InChI=1S/C28H33N7O3/c1-36-20-38-24-15-22(16-29-17-24)26-31-27(34-11-13-37-14-12-34)25-18-30-35(28(25)32-26)23-7-9-33(10-8-23)19-21-5-3-2-4-6-21/h2-6,15-18,23H,7-14,19-20H2,1H3. The van der Waals surface area contributed by atoms with Gasteiger partial charge in [0.1, 0.15) is 11.6 Å². The third kappa shape index (κ3) is 5.33. The lowest BCUT2D eigenvalue weighted by Gasteiger charge is -2.32. The molecule has 4 aromatic rings. The lowest BCUT2D eigenvalue weighted by molar-refractivity contribution is 0.0509. The monoisotopic (exact) mass is 515 g/mol. The smallest absolute Gasteiger partial charge is 0.188 e. The van der Waals surface area contributed by atoms with Crippen LogP contribution in [-0.4, -0.2) is 82.9 Å². The lowest BCUT2D eigenvalue weighted by atomic mass is 10.0. The second-order valence-electron chi connectivity index (χ2n) is 9.75. The molecule has 2 saturated heterocycles. The second kappa shape index (κ2) is 11.4. The van der Waals surface area contributed by atoms with Gasteiger partial charge in [-0.2, -0.15) is 5.10 Å². The van der Waals surface area contributed by atoms with Gasteiger partial charge < -0.3 is 19.1 Å². The van der Waals surface area contributed by atoms with Crippen LogP contribution in [-0.2, 0) is 16.0 Å². The van der Waals surface area contributed by atoms with Gasteiger partial charge in [0, 0.05) is 51.6 Å². The van der Waals surface area contributed by atoms with Crippen LogP contribution in [0.2, 0.25) is 0 Å². The van der Waals surface area contributed by atoms with E-state index in [0.29, 0.717) is 24.8 Å². The number of fused-ring (bicyclic) bond motifs is 1. The number of piperidine rings is 1. The van der Waals surface area contributed by atoms with Gasteiger partial charge in [0.15, 0.2) is 18.3 Å². The Kier molecular flexibility index (Phi) is 7.43. The molecule has 6 rings (SSSR count). The molecule has 0 bridgehead atoms. The molecule has 2 aliphatic heterocycles. The van der Waals surface area contributed by atoms with Gasteiger partial charge in [-0.25, -0.2) is 14.6 Å². The largest absolute Gasteiger partial charge is 0.466 e. The molecule has 198 valence electrons. The van der Waals surface area contributed by atoms with E-state index in [1.807, 2.05) is 12.3 Å². The van der Waals surface area contributed by atoms with Crippen LogP contribution in [0, 0.1) is 0 Å². The molecule has 3 aromatic heterocycles. The van der Waals surface area contributed by atoms with Gasteiger partial charge in [-0.3, -0.25) is 9.88 Å². The average molecular weight is 516 g/mol. The van der Waals surface area contributed by atoms with Crippen LogP contribution < -0.4 is 9.64 Å². The molecule has 0 aliphatic carbocycles. The number of methoxy groups -OCH3 is 1. The highest BCUT2D eigenvalue weighted by Crippen LogP contribution is 2.32. The Morgan fingerprint density at radius 2 is 1.79 bits per heavy atom. The molecule has 0 radical (unpaired) electrons. The highest BCUT2D eigenvalue weighted by molar-refractivity contribution is 5.89. The Labute approximate surface area is 222 Å². The van der Waals surface area contributed by atoms with Crippen LogP contribution in [0.25, 0.3) is 22.4 Å². The summed E-state index contributed by atoms with van der Waals surface area (Å²) in [5.74, 6) is 2.11. The fourth-order valence-electron chi connectivity index (χ4n) is 5.23. The van der Waals surface area contributed by atoms with E-state index in [1.54, 1.807) is 19.5 Å². The van der Waals surface area contributed by atoms with E-state index in [4.69, 9.17) is 29.3 Å². The first-order chi connectivity index (χ1) is 18.8. The third-order valence-electron chi connectivity index (χ3n) is 7.21. The van der Waals surface area contributed by atoms with E-state index in [9.17, 15) is 0 Å². The predicted molar refractivity (Wildman–Crippen MR) is 144 cm³/mol. The van der Waals surface area contributed by atoms with Gasteiger partial charge in [-0.1, -0.05) is 30.3 Å². The number of ether oxygens (including phenoxy) is 3. The molecule has 0 atom stereocenters. The van der Waals surface area contributed by atoms with Crippen molar-refractivity contribution >= 4 is 16.9 Å². The molecule has 0 saturated carbocycles. The number of rotatable bonds is 8. The van der Waals surface area contributed by atoms with Crippen molar-refractivity contribution in [3.63, 3.8) is 0 Å². The normalized spacial score (nSPS) is 17.2. The van der Waals surface area contributed by atoms with Crippen LogP contribution in [0.1, 0.15) is 24.4 Å². The Balaban J connectivity index is 1.31. The second-order valence-corrected chi connectivity index (χ2v) is 9.75. The summed E-state index contributed by atoms with van der Waals surface area (Å²) >= 11 is 0. The van der Waals surface area contributed by atoms with E-state index >= 15 is 0 Å². The number of hydrogen-bond acceptors (Lipinski definition) is 9. The minimum Gasteiger partial charge on any atom is -0.466 e. The Hall–Kier alpha value is -3.60. The van der Waals surface area contributed by atoms with Gasteiger partial charge in [-0.15, -0.1) is 0 Å². The summed E-state index contributed by atoms with van der Waals surface area (Å²) < 4.78 is 18.4. The fraction of sp³-hybridized carbons (Fsp3) is 0.429. The molecular formula is C28H33N7O3. The van der Waals surface area contributed by atoms with E-state index in [0.717, 1.165) is 68.0 Å². The zero-order valence-electron chi connectivity index (χ0n) is 21.7. The molecule has 0 amide bonds. The van der Waals surface area contributed by atoms with Crippen molar-refractivity contribution in [1.29, 1.82) is 0 Å². The van der Waals surface area contributed by atoms with Crippen molar-refractivity contribution in [2.75, 3.05) is 58.2 Å². The van der Waals surface area contributed by atoms with Crippen LogP contribution in [0.5, 0.6) is 5.75 Å². The number of hydrogen-bond donors (Lipinski definition) is 0. The molecule has 38 heavy (non-hydrogen) atoms. The number of morpholine rings is 1. The molecular weight excluding hydrogens is 482 g/mol. The van der Waals surface area contributed by atoms with Crippen LogP contribution >= 0.6 is 0 Å². The van der Waals surface area contributed by atoms with Crippen molar-refractivity contribution in [1.82, 2.24) is 29.6 Å². The summed E-state index contributed by atoms with van der Waals surface area (Å²) in [5.41, 5.74) is 3.01. The first-order valence-electron chi connectivity index (χ1n) is 13.2. The van der Waals surface area contributed by atoms with Crippen molar-refractivity contribution in [2.24, 2.45) is 0 Å². The first-order valence-corrected chi connectivity index (χ1v) is 13.2. The van der Waals surface area contributed by atoms with Gasteiger partial charge in [-0.05, 0) is 24.5 Å². The van der Waals surface area contributed by atoms with Crippen molar-refractivity contribution in [3.05, 3.63) is 60.6 Å². The average Bonchev–Trinajstić information content (AvgIpc) is 3.41. The molecule has 5 heterocycles. The molecule has 1 aromatic carbocycles. The van der Waals surface area contributed by atoms with Crippen molar-refractivity contribution < 1.29 is 14.2 Å². The number of pyridine rings is 1. The lowest BCUT2D eigenvalue weighted by Crippen LogP contribution is -2.37. The summed E-state index contributed by atoms with van der Waals surface area (Å²) in [7, 11) is 1.59. The van der Waals surface area contributed by atoms with Crippen LogP contribution in [0.3, 0.4) is 0 Å². The highest BCUT2D eigenvalue weighted by Gasteiger charge is 2.26. The predicted octanol–water partition coefficient (Wildman–Crippen LogP) is 3.54. The van der Waals surface area contributed by atoms with E-state index < -0.39 is 0 Å². The van der Waals surface area contributed by atoms with Gasteiger partial charge in [0.2, 0.25) is 0 Å². The van der Waals surface area contributed by atoms with Crippen molar-refractivity contribution in [2.45, 2.75) is 25.4 Å². The SMILES string of the molecule is COCOc1cncc(-c2nc(N3CCOCC3)c3cnn(C4CCN(Cc5ccccc5)CC4)c3n2)c1. The minimum absolute atomic E-state index is 0.153.